The van der Waals surface area contributed by atoms with E-state index < -0.39 is 29.6 Å². The van der Waals surface area contributed by atoms with Gasteiger partial charge in [0, 0.05) is 28.9 Å². The van der Waals surface area contributed by atoms with Gasteiger partial charge in [-0.2, -0.15) is 22.5 Å². The Morgan fingerprint density at radius 1 is 1.09 bits per heavy atom. The predicted octanol–water partition coefficient (Wildman–Crippen LogP) is 5.08. The average molecular weight is 490 g/mol. The summed E-state index contributed by atoms with van der Waals surface area (Å²) in [5, 5.41) is 0. The molecule has 6 nitrogen and oxygen atoms in total. The zero-order valence-electron chi connectivity index (χ0n) is 18.3. The van der Waals surface area contributed by atoms with Gasteiger partial charge < -0.3 is 9.64 Å². The third-order valence-electron chi connectivity index (χ3n) is 6.73. The summed E-state index contributed by atoms with van der Waals surface area (Å²) in [6, 6.07) is 6.64. The summed E-state index contributed by atoms with van der Waals surface area (Å²) in [6.45, 7) is 2.02. The monoisotopic (exact) mass is 490 g/mol. The maximum Gasteiger partial charge on any atom is 0.420 e. The van der Waals surface area contributed by atoms with Crippen LogP contribution < -0.4 is 9.64 Å². The van der Waals surface area contributed by atoms with Crippen molar-refractivity contribution in [3.05, 3.63) is 65.6 Å². The highest BCUT2D eigenvalue weighted by molar-refractivity contribution is 5.94. The number of alkyl halides is 3. The van der Waals surface area contributed by atoms with Crippen molar-refractivity contribution in [1.82, 2.24) is 15.0 Å². The molecule has 1 saturated heterocycles. The Labute approximate surface area is 196 Å². The Morgan fingerprint density at radius 2 is 1.83 bits per heavy atom. The van der Waals surface area contributed by atoms with Crippen molar-refractivity contribution in [3.8, 4) is 17.3 Å². The van der Waals surface area contributed by atoms with Crippen molar-refractivity contribution >= 4 is 12.0 Å². The summed E-state index contributed by atoms with van der Waals surface area (Å²) in [7, 11) is 0. The molecule has 0 amide bonds. The number of hydrogen-bond donors (Lipinski definition) is 0. The zero-order chi connectivity index (χ0) is 24.9. The molecule has 0 spiro atoms. The van der Waals surface area contributed by atoms with Crippen LogP contribution in [0, 0.1) is 17.7 Å². The van der Waals surface area contributed by atoms with Crippen LogP contribution in [0.4, 0.5) is 27.6 Å². The minimum atomic E-state index is -4.85. The second-order valence-corrected chi connectivity index (χ2v) is 8.67. The number of pyridine rings is 1. The lowest BCUT2D eigenvalue weighted by molar-refractivity contribution is -0.140. The van der Waals surface area contributed by atoms with E-state index in [0.717, 1.165) is 24.9 Å². The first kappa shape index (κ1) is 23.1. The largest absolute Gasteiger partial charge is 0.472 e. The highest BCUT2D eigenvalue weighted by atomic mass is 19.4. The molecule has 0 N–H and O–H groups in total. The molecule has 3 heterocycles. The molecular weight excluding hydrogens is 471 g/mol. The zero-order valence-corrected chi connectivity index (χ0v) is 18.3. The summed E-state index contributed by atoms with van der Waals surface area (Å²) in [5.74, 6) is -2.08. The van der Waals surface area contributed by atoms with Crippen LogP contribution >= 0.6 is 0 Å². The molecule has 182 valence electrons. The first-order chi connectivity index (χ1) is 16.7. The summed E-state index contributed by atoms with van der Waals surface area (Å²) >= 11 is 0. The van der Waals surface area contributed by atoms with E-state index in [-0.39, 0.29) is 29.7 Å². The van der Waals surface area contributed by atoms with Crippen LogP contribution in [0.15, 0.2) is 42.7 Å². The van der Waals surface area contributed by atoms with Gasteiger partial charge in [-0.3, -0.25) is 4.79 Å². The molecule has 2 bridgehead atoms. The lowest BCUT2D eigenvalue weighted by Crippen LogP contribution is -2.48. The second-order valence-electron chi connectivity index (χ2n) is 8.67. The van der Waals surface area contributed by atoms with Gasteiger partial charge in [0.05, 0.1) is 18.4 Å². The maximum absolute atomic E-state index is 13.9. The first-order valence-corrected chi connectivity index (χ1v) is 10.9. The predicted molar refractivity (Wildman–Crippen MR) is 115 cm³/mol. The number of hydrogen-bond acceptors (Lipinski definition) is 6. The average Bonchev–Trinajstić information content (AvgIpc) is 3.36. The maximum atomic E-state index is 13.9. The van der Waals surface area contributed by atoms with Gasteiger partial charge in [0.2, 0.25) is 11.8 Å². The number of ether oxygens (including phenoxy) is 1. The van der Waals surface area contributed by atoms with Gasteiger partial charge in [0.1, 0.15) is 11.7 Å². The van der Waals surface area contributed by atoms with E-state index in [1.807, 2.05) is 11.8 Å². The summed E-state index contributed by atoms with van der Waals surface area (Å²) in [4.78, 5) is 25.5. The van der Waals surface area contributed by atoms with E-state index in [1.54, 1.807) is 18.2 Å². The van der Waals surface area contributed by atoms with Crippen LogP contribution in [0.25, 0.3) is 11.4 Å². The molecule has 5 rings (SSSR count). The van der Waals surface area contributed by atoms with E-state index in [0.29, 0.717) is 35.6 Å². The van der Waals surface area contributed by atoms with Crippen molar-refractivity contribution in [2.24, 2.45) is 5.92 Å². The van der Waals surface area contributed by atoms with E-state index in [9.17, 15) is 26.7 Å². The number of halogens is 5. The molecule has 1 aromatic carbocycles. The molecule has 1 aliphatic carbocycles. The third kappa shape index (κ3) is 4.08. The van der Waals surface area contributed by atoms with Crippen LogP contribution in [0.3, 0.4) is 0 Å². The molecule has 0 unspecified atom stereocenters. The summed E-state index contributed by atoms with van der Waals surface area (Å²) < 4.78 is 71.6. The first-order valence-electron chi connectivity index (χ1n) is 10.9. The highest BCUT2D eigenvalue weighted by Crippen LogP contribution is 2.47. The Balaban J connectivity index is 1.45. The van der Waals surface area contributed by atoms with Crippen molar-refractivity contribution in [3.63, 3.8) is 0 Å². The summed E-state index contributed by atoms with van der Waals surface area (Å²) in [6.07, 6.45) is -1.25. The molecule has 4 atom stereocenters. The van der Waals surface area contributed by atoms with Gasteiger partial charge in [-0.1, -0.05) is 12.1 Å². The van der Waals surface area contributed by atoms with Crippen molar-refractivity contribution in [2.45, 2.75) is 44.1 Å². The quantitative estimate of drug-likeness (QED) is 0.282. The van der Waals surface area contributed by atoms with E-state index in [1.165, 1.54) is 0 Å². The number of carbonyl (C=O) groups excluding carboxylic acids is 1. The molecule has 2 aliphatic rings. The fourth-order valence-corrected chi connectivity index (χ4v) is 5.15. The smallest absolute Gasteiger partial charge is 0.420 e. The molecular formula is C24H19F5N4O2. The number of rotatable bonds is 5. The minimum Gasteiger partial charge on any atom is -0.472 e. The van der Waals surface area contributed by atoms with Crippen molar-refractivity contribution < 1.29 is 31.5 Å². The van der Waals surface area contributed by atoms with Crippen LogP contribution in [0.1, 0.15) is 35.7 Å². The van der Waals surface area contributed by atoms with Gasteiger partial charge >= 0.3 is 6.18 Å². The topological polar surface area (TPSA) is 68.2 Å². The van der Waals surface area contributed by atoms with Gasteiger partial charge in [0.15, 0.2) is 17.9 Å². The fourth-order valence-electron chi connectivity index (χ4n) is 5.15. The van der Waals surface area contributed by atoms with Crippen LogP contribution in [0.2, 0.25) is 0 Å². The number of piperidine rings is 1. The summed E-state index contributed by atoms with van der Waals surface area (Å²) in [5.41, 5.74) is -0.0684. The molecule has 11 heteroatoms. The lowest BCUT2D eigenvalue weighted by Gasteiger charge is -2.40. The van der Waals surface area contributed by atoms with Gasteiger partial charge in [-0.05, 0) is 37.8 Å². The highest BCUT2D eigenvalue weighted by Gasteiger charge is 2.51. The standard InChI is InChI=1S/C24H19F5N4O2/c1-12-13-7-19(20(8-13)35-21-6-5-17(22(26)32-21)24(27,28)29)33(12)18-4-2-3-15(16(18)11-34)23-30-9-14(25)10-31-23/h2-6,9-13,19-20H,7-8H2,1H3/t12-,13-,19+,20-/m1/s1. The lowest BCUT2D eigenvalue weighted by atomic mass is 9.96. The van der Waals surface area contributed by atoms with E-state index >= 15 is 0 Å². The number of aromatic nitrogens is 3. The normalized spacial score (nSPS) is 23.5. The van der Waals surface area contributed by atoms with E-state index in [4.69, 9.17) is 4.74 Å². The number of nitrogens with zero attached hydrogens (tertiary/aromatic N) is 4. The van der Waals surface area contributed by atoms with Gasteiger partial charge in [0.25, 0.3) is 0 Å². The Hall–Kier alpha value is -3.63. The minimum absolute atomic E-state index is 0.0419. The van der Waals surface area contributed by atoms with Crippen LogP contribution in [-0.2, 0) is 6.18 Å². The molecule has 2 fully saturated rings. The Kier molecular flexibility index (Phi) is 5.65. The van der Waals surface area contributed by atoms with Crippen molar-refractivity contribution in [1.29, 1.82) is 0 Å². The van der Waals surface area contributed by atoms with E-state index in [2.05, 4.69) is 15.0 Å². The number of carbonyl (C=O) groups is 1. The Morgan fingerprint density at radius 3 is 2.46 bits per heavy atom. The molecule has 0 radical (unpaired) electrons. The number of fused-ring (bicyclic) bond motifs is 2. The number of aldehydes is 1. The van der Waals surface area contributed by atoms with Crippen LogP contribution in [-0.4, -0.2) is 39.4 Å². The number of anilines is 1. The van der Waals surface area contributed by atoms with Crippen molar-refractivity contribution in [2.75, 3.05) is 4.90 Å². The molecule has 1 saturated carbocycles. The molecule has 35 heavy (non-hydrogen) atoms. The fraction of sp³-hybridized carbons (Fsp3) is 0.333. The SMILES string of the molecule is C[C@@H]1[C@H]2C[C@@H](Oc3ccc(C(F)(F)F)c(F)n3)[C@H](C2)N1c1cccc(-c2ncc(F)cn2)c1C=O. The second kappa shape index (κ2) is 8.54. The third-order valence-corrected chi connectivity index (χ3v) is 6.73. The van der Waals surface area contributed by atoms with Gasteiger partial charge in [-0.25, -0.2) is 14.4 Å². The Bertz CT molecular complexity index is 1270. The molecule has 3 aromatic rings. The van der Waals surface area contributed by atoms with Crippen LogP contribution in [0.5, 0.6) is 5.88 Å². The molecule has 2 aromatic heterocycles. The number of benzene rings is 1. The van der Waals surface area contributed by atoms with Gasteiger partial charge in [-0.15, -0.1) is 0 Å². The molecule has 1 aliphatic heterocycles.